The lowest BCUT2D eigenvalue weighted by molar-refractivity contribution is 0.480. The fraction of sp³-hybridized carbons (Fsp3) is 0.111. The molecule has 0 saturated carbocycles. The Bertz CT molecular complexity index is 1650. The number of aromatic nitrogens is 1. The normalized spacial score (nSPS) is 12.8. The molecule has 0 saturated heterocycles. The zero-order chi connectivity index (χ0) is 25.4. The number of hydrogen-bond acceptors (Lipinski definition) is 6. The molecule has 4 aromatic rings. The summed E-state index contributed by atoms with van der Waals surface area (Å²) in [7, 11) is -3.31. The van der Waals surface area contributed by atoms with Crippen LogP contribution in [-0.4, -0.2) is 19.7 Å². The van der Waals surface area contributed by atoms with E-state index in [0.717, 1.165) is 28.9 Å². The molecular weight excluding hydrogens is 484 g/mol. The van der Waals surface area contributed by atoms with Crippen molar-refractivity contribution in [3.05, 3.63) is 101 Å². The summed E-state index contributed by atoms with van der Waals surface area (Å²) in [5, 5.41) is 9.57. The molecule has 0 radical (unpaired) electrons. The summed E-state index contributed by atoms with van der Waals surface area (Å²) in [5.41, 5.74) is 4.04. The fourth-order valence-electron chi connectivity index (χ4n) is 4.12. The van der Waals surface area contributed by atoms with Crippen molar-refractivity contribution in [2.75, 3.05) is 11.2 Å². The van der Waals surface area contributed by atoms with E-state index in [-0.39, 0.29) is 4.90 Å². The molecule has 1 aliphatic heterocycles. The molecule has 0 fully saturated rings. The lowest BCUT2D eigenvalue weighted by Crippen LogP contribution is -2.14. The van der Waals surface area contributed by atoms with Gasteiger partial charge in [-0.3, -0.25) is 4.98 Å². The van der Waals surface area contributed by atoms with Gasteiger partial charge in [0.2, 0.25) is 0 Å². The van der Waals surface area contributed by atoms with Gasteiger partial charge in [0.25, 0.3) is 0 Å². The monoisotopic (exact) mass is 503 g/mol. The van der Waals surface area contributed by atoms with E-state index in [0.29, 0.717) is 41.3 Å². The molecule has 1 aromatic heterocycles. The molecule has 0 spiro atoms. The van der Waals surface area contributed by atoms with Gasteiger partial charge in [0.05, 0.1) is 22.7 Å². The molecular formula is C27H19F2N3O3S. The summed E-state index contributed by atoms with van der Waals surface area (Å²) < 4.78 is 56.8. The molecule has 180 valence electrons. The zero-order valence-electron chi connectivity index (χ0n) is 19.1. The van der Waals surface area contributed by atoms with E-state index in [1.54, 1.807) is 36.4 Å². The van der Waals surface area contributed by atoms with E-state index in [2.05, 4.69) is 11.1 Å². The maximum atomic E-state index is 13.7. The lowest BCUT2D eigenvalue weighted by atomic mass is 10.1. The van der Waals surface area contributed by atoms with Crippen molar-refractivity contribution in [1.29, 1.82) is 5.26 Å². The number of ether oxygens (including phenoxy) is 1. The van der Waals surface area contributed by atoms with Gasteiger partial charge in [-0.25, -0.2) is 17.2 Å². The number of halogens is 2. The number of benzene rings is 3. The van der Waals surface area contributed by atoms with E-state index in [1.165, 1.54) is 24.7 Å². The van der Waals surface area contributed by atoms with Crippen LogP contribution in [0.25, 0.3) is 11.1 Å². The van der Waals surface area contributed by atoms with Gasteiger partial charge in [-0.1, -0.05) is 12.1 Å². The van der Waals surface area contributed by atoms with Crippen LogP contribution in [0.4, 0.5) is 14.5 Å². The molecule has 0 atom stereocenters. The van der Waals surface area contributed by atoms with Crippen LogP contribution in [0.1, 0.15) is 16.7 Å². The van der Waals surface area contributed by atoms with Crippen molar-refractivity contribution in [3.8, 4) is 28.7 Å². The number of pyridine rings is 1. The number of rotatable bonds is 5. The molecule has 0 unspecified atom stereocenters. The Morgan fingerprint density at radius 3 is 2.44 bits per heavy atom. The minimum Gasteiger partial charge on any atom is -0.456 e. The Labute approximate surface area is 206 Å². The maximum absolute atomic E-state index is 13.7. The number of sulfone groups is 1. The van der Waals surface area contributed by atoms with E-state index in [4.69, 9.17) is 4.74 Å². The second-order valence-corrected chi connectivity index (χ2v) is 10.5. The van der Waals surface area contributed by atoms with Gasteiger partial charge in [-0.05, 0) is 59.2 Å². The van der Waals surface area contributed by atoms with Gasteiger partial charge in [0, 0.05) is 42.9 Å². The van der Waals surface area contributed by atoms with Crippen LogP contribution >= 0.6 is 0 Å². The van der Waals surface area contributed by atoms with Crippen LogP contribution in [-0.2, 0) is 22.9 Å². The average molecular weight is 504 g/mol. The van der Waals surface area contributed by atoms with Crippen molar-refractivity contribution in [2.24, 2.45) is 0 Å². The molecule has 1 aliphatic rings. The Kier molecular flexibility index (Phi) is 5.90. The molecule has 9 heteroatoms. The third-order valence-electron chi connectivity index (χ3n) is 5.92. The SMILES string of the molecule is CS(=O)(=O)c1ccc2c(c1)CN(c1cc(C#N)cc(Oc3cncc(-c4ccc(F)c(F)c4)c3)c1)C2. The van der Waals surface area contributed by atoms with Crippen LogP contribution in [0.3, 0.4) is 0 Å². The number of fused-ring (bicyclic) bond motifs is 1. The second kappa shape index (κ2) is 9.06. The molecule has 0 N–H and O–H groups in total. The Morgan fingerprint density at radius 1 is 0.889 bits per heavy atom. The Hall–Kier alpha value is -4.29. The van der Waals surface area contributed by atoms with E-state index in [9.17, 15) is 22.5 Å². The highest BCUT2D eigenvalue weighted by molar-refractivity contribution is 7.90. The summed E-state index contributed by atoms with van der Waals surface area (Å²) in [6.07, 6.45) is 4.18. The fourth-order valence-corrected chi connectivity index (χ4v) is 4.79. The lowest BCUT2D eigenvalue weighted by Gasteiger charge is -2.19. The van der Waals surface area contributed by atoms with E-state index < -0.39 is 21.5 Å². The molecule has 36 heavy (non-hydrogen) atoms. The smallest absolute Gasteiger partial charge is 0.175 e. The number of anilines is 1. The first-order valence-corrected chi connectivity index (χ1v) is 12.8. The molecule has 0 bridgehead atoms. The van der Waals surface area contributed by atoms with Crippen molar-refractivity contribution >= 4 is 15.5 Å². The summed E-state index contributed by atoms with van der Waals surface area (Å²) in [5.74, 6) is -1.13. The third-order valence-corrected chi connectivity index (χ3v) is 7.03. The van der Waals surface area contributed by atoms with Crippen LogP contribution in [0.15, 0.2) is 78.0 Å². The molecule has 2 heterocycles. The summed E-state index contributed by atoms with van der Waals surface area (Å²) in [6.45, 7) is 1.04. The average Bonchev–Trinajstić information content (AvgIpc) is 3.29. The molecule has 5 rings (SSSR count). The number of hydrogen-bond donors (Lipinski definition) is 0. The van der Waals surface area contributed by atoms with Crippen LogP contribution in [0.5, 0.6) is 11.5 Å². The maximum Gasteiger partial charge on any atom is 0.175 e. The van der Waals surface area contributed by atoms with Crippen LogP contribution in [0.2, 0.25) is 0 Å². The van der Waals surface area contributed by atoms with E-state index in [1.807, 2.05) is 11.0 Å². The van der Waals surface area contributed by atoms with Gasteiger partial charge in [-0.15, -0.1) is 0 Å². The van der Waals surface area contributed by atoms with Crippen molar-refractivity contribution in [1.82, 2.24) is 4.98 Å². The molecule has 0 amide bonds. The summed E-state index contributed by atoms with van der Waals surface area (Å²) >= 11 is 0. The van der Waals surface area contributed by atoms with Crippen molar-refractivity contribution in [3.63, 3.8) is 0 Å². The molecule has 0 aliphatic carbocycles. The topological polar surface area (TPSA) is 83.3 Å². The third kappa shape index (κ3) is 4.76. The Morgan fingerprint density at radius 2 is 1.69 bits per heavy atom. The zero-order valence-corrected chi connectivity index (χ0v) is 19.9. The van der Waals surface area contributed by atoms with Gasteiger partial charge >= 0.3 is 0 Å². The Balaban J connectivity index is 1.42. The minimum atomic E-state index is -3.31. The van der Waals surface area contributed by atoms with Gasteiger partial charge in [0.15, 0.2) is 21.5 Å². The summed E-state index contributed by atoms with van der Waals surface area (Å²) in [6, 6.07) is 17.6. The highest BCUT2D eigenvalue weighted by Crippen LogP contribution is 2.34. The molecule has 6 nitrogen and oxygen atoms in total. The predicted molar refractivity (Wildman–Crippen MR) is 130 cm³/mol. The quantitative estimate of drug-likeness (QED) is 0.352. The first kappa shape index (κ1) is 23.5. The standard InChI is InChI=1S/C27H19F2N3O3S/c1-36(33,34)25-4-2-19-15-32(16-21(19)9-25)22-6-17(12-30)7-23(11-22)35-24-8-20(13-31-14-24)18-3-5-26(28)27(29)10-18/h2-11,13-14H,15-16H2,1H3. The first-order valence-electron chi connectivity index (χ1n) is 10.9. The van der Waals surface area contributed by atoms with Crippen molar-refractivity contribution < 1.29 is 21.9 Å². The largest absolute Gasteiger partial charge is 0.456 e. The summed E-state index contributed by atoms with van der Waals surface area (Å²) in [4.78, 5) is 6.44. The molecule has 3 aromatic carbocycles. The number of nitrogens with zero attached hydrogens (tertiary/aromatic N) is 3. The van der Waals surface area contributed by atoms with Gasteiger partial charge in [-0.2, -0.15) is 5.26 Å². The van der Waals surface area contributed by atoms with Gasteiger partial charge in [0.1, 0.15) is 11.5 Å². The predicted octanol–water partition coefficient (Wildman–Crippen LogP) is 5.61. The van der Waals surface area contributed by atoms with E-state index >= 15 is 0 Å². The highest BCUT2D eigenvalue weighted by atomic mass is 32.2. The van der Waals surface area contributed by atoms with Crippen LogP contribution < -0.4 is 9.64 Å². The van der Waals surface area contributed by atoms with Gasteiger partial charge < -0.3 is 9.64 Å². The number of nitriles is 1. The van der Waals surface area contributed by atoms with Crippen molar-refractivity contribution in [2.45, 2.75) is 18.0 Å². The van der Waals surface area contributed by atoms with Crippen LogP contribution in [0, 0.1) is 23.0 Å². The highest BCUT2D eigenvalue weighted by Gasteiger charge is 2.22. The minimum absolute atomic E-state index is 0.270. The second-order valence-electron chi connectivity index (χ2n) is 8.53. The first-order chi connectivity index (χ1) is 17.2.